The molecule has 0 bridgehead atoms. The quantitative estimate of drug-likeness (QED) is 0.599. The zero-order valence-corrected chi connectivity index (χ0v) is 13.7. The average molecular weight is 332 g/mol. The van der Waals surface area contributed by atoms with E-state index in [1.54, 1.807) is 10.9 Å². The molecule has 0 saturated carbocycles. The Morgan fingerprint density at radius 1 is 1.32 bits per heavy atom. The Balaban J connectivity index is 1.63. The molecule has 7 nitrogen and oxygen atoms in total. The Hall–Kier alpha value is -3.40. The fraction of sp³-hybridized carbons (Fsp3) is 0.222. The molecule has 1 atom stereocenters. The minimum Gasteiger partial charge on any atom is -0.459 e. The summed E-state index contributed by atoms with van der Waals surface area (Å²) in [5.41, 5.74) is 1.58. The van der Waals surface area contributed by atoms with Gasteiger partial charge in [0.05, 0.1) is 36.7 Å². The molecule has 0 amide bonds. The molecule has 25 heavy (non-hydrogen) atoms. The molecule has 0 fully saturated rings. The van der Waals surface area contributed by atoms with Crippen LogP contribution in [0.1, 0.15) is 25.1 Å². The summed E-state index contributed by atoms with van der Waals surface area (Å²) >= 11 is 0. The summed E-state index contributed by atoms with van der Waals surface area (Å²) in [6.07, 6.45) is 3.61. The Morgan fingerprint density at radius 2 is 2.20 bits per heavy atom. The van der Waals surface area contributed by atoms with Gasteiger partial charge in [0.2, 0.25) is 0 Å². The molecular formula is C18H16N6O. The SMILES string of the molecule is C[C@H](Nc1ncnc2c1cnn2CCC#N)c1cc2ccccc2o1. The molecule has 4 rings (SSSR count). The van der Waals surface area contributed by atoms with Crippen molar-refractivity contribution in [2.75, 3.05) is 5.32 Å². The van der Waals surface area contributed by atoms with Crippen LogP contribution in [0, 0.1) is 11.3 Å². The standard InChI is InChI=1S/C18H16N6O/c1-12(16-9-13-5-2-3-6-15(13)25-16)23-17-14-10-22-24(8-4-7-19)18(14)21-11-20-17/h2-3,5-6,9-12H,4,8H2,1H3,(H,20,21,23)/t12-/m0/s1. The number of rotatable bonds is 5. The Morgan fingerprint density at radius 3 is 3.04 bits per heavy atom. The van der Waals surface area contributed by atoms with E-state index in [-0.39, 0.29) is 6.04 Å². The first kappa shape index (κ1) is 15.1. The lowest BCUT2D eigenvalue weighted by Gasteiger charge is -2.12. The second-order valence-corrected chi connectivity index (χ2v) is 5.79. The van der Waals surface area contributed by atoms with Gasteiger partial charge >= 0.3 is 0 Å². The second-order valence-electron chi connectivity index (χ2n) is 5.79. The van der Waals surface area contributed by atoms with Gasteiger partial charge in [-0.1, -0.05) is 18.2 Å². The van der Waals surface area contributed by atoms with Crippen LogP contribution >= 0.6 is 0 Å². The highest BCUT2D eigenvalue weighted by Gasteiger charge is 2.15. The van der Waals surface area contributed by atoms with Gasteiger partial charge in [0.25, 0.3) is 0 Å². The average Bonchev–Trinajstić information content (AvgIpc) is 3.24. The smallest absolute Gasteiger partial charge is 0.163 e. The summed E-state index contributed by atoms with van der Waals surface area (Å²) in [7, 11) is 0. The van der Waals surface area contributed by atoms with Crippen LogP contribution in [0.4, 0.5) is 5.82 Å². The Bertz CT molecular complexity index is 1040. The molecule has 7 heteroatoms. The van der Waals surface area contributed by atoms with Crippen molar-refractivity contribution in [3.8, 4) is 6.07 Å². The third-order valence-corrected chi connectivity index (χ3v) is 4.09. The number of nitrogens with zero attached hydrogens (tertiary/aromatic N) is 5. The van der Waals surface area contributed by atoms with E-state index in [9.17, 15) is 0 Å². The van der Waals surface area contributed by atoms with Gasteiger partial charge in [-0.3, -0.25) is 0 Å². The van der Waals surface area contributed by atoms with Crippen LogP contribution in [0.5, 0.6) is 0 Å². The Kier molecular flexibility index (Phi) is 3.78. The molecule has 3 aromatic heterocycles. The summed E-state index contributed by atoms with van der Waals surface area (Å²) in [4.78, 5) is 8.62. The first-order valence-corrected chi connectivity index (χ1v) is 8.05. The highest BCUT2D eigenvalue weighted by molar-refractivity contribution is 5.86. The monoisotopic (exact) mass is 332 g/mol. The van der Waals surface area contributed by atoms with Gasteiger partial charge in [0, 0.05) is 5.39 Å². The summed E-state index contributed by atoms with van der Waals surface area (Å²) in [6, 6.07) is 12.0. The predicted molar refractivity (Wildman–Crippen MR) is 93.8 cm³/mol. The van der Waals surface area contributed by atoms with E-state index in [0.29, 0.717) is 24.4 Å². The van der Waals surface area contributed by atoms with E-state index in [1.807, 2.05) is 37.3 Å². The van der Waals surface area contributed by atoms with Crippen LogP contribution in [0.25, 0.3) is 22.0 Å². The van der Waals surface area contributed by atoms with Crippen LogP contribution in [-0.4, -0.2) is 19.7 Å². The van der Waals surface area contributed by atoms with E-state index in [2.05, 4.69) is 26.5 Å². The molecule has 0 unspecified atom stereocenters. The van der Waals surface area contributed by atoms with E-state index < -0.39 is 0 Å². The van der Waals surface area contributed by atoms with Gasteiger partial charge in [-0.15, -0.1) is 0 Å². The van der Waals surface area contributed by atoms with Crippen LogP contribution in [0.15, 0.2) is 47.3 Å². The number of furan rings is 1. The number of nitrogens with one attached hydrogen (secondary N) is 1. The number of nitriles is 1. The van der Waals surface area contributed by atoms with Crippen LogP contribution in [-0.2, 0) is 6.54 Å². The largest absolute Gasteiger partial charge is 0.459 e. The molecule has 1 N–H and O–H groups in total. The van der Waals surface area contributed by atoms with Crippen molar-refractivity contribution < 1.29 is 4.42 Å². The van der Waals surface area contributed by atoms with Crippen LogP contribution in [0.2, 0.25) is 0 Å². The zero-order chi connectivity index (χ0) is 17.2. The van der Waals surface area contributed by atoms with Gasteiger partial charge in [-0.2, -0.15) is 10.4 Å². The van der Waals surface area contributed by atoms with Gasteiger partial charge < -0.3 is 9.73 Å². The number of benzene rings is 1. The van der Waals surface area contributed by atoms with Crippen molar-refractivity contribution in [3.05, 3.63) is 48.6 Å². The summed E-state index contributed by atoms with van der Waals surface area (Å²) in [6.45, 7) is 2.53. The van der Waals surface area contributed by atoms with Crippen LogP contribution < -0.4 is 5.32 Å². The maximum atomic E-state index is 8.75. The highest BCUT2D eigenvalue weighted by atomic mass is 16.3. The fourth-order valence-corrected chi connectivity index (χ4v) is 2.82. The lowest BCUT2D eigenvalue weighted by Crippen LogP contribution is -2.08. The van der Waals surface area contributed by atoms with Crippen molar-refractivity contribution in [2.24, 2.45) is 0 Å². The molecule has 0 aliphatic heterocycles. The first-order valence-electron chi connectivity index (χ1n) is 8.05. The number of aryl methyl sites for hydroxylation is 1. The van der Waals surface area contributed by atoms with E-state index in [0.717, 1.165) is 22.1 Å². The van der Waals surface area contributed by atoms with Crippen molar-refractivity contribution in [1.29, 1.82) is 5.26 Å². The number of anilines is 1. The molecule has 0 aliphatic carbocycles. The van der Waals surface area contributed by atoms with Crippen molar-refractivity contribution in [3.63, 3.8) is 0 Å². The lowest BCUT2D eigenvalue weighted by molar-refractivity contribution is 0.526. The minimum atomic E-state index is -0.0621. The van der Waals surface area contributed by atoms with E-state index >= 15 is 0 Å². The van der Waals surface area contributed by atoms with Gasteiger partial charge in [-0.25, -0.2) is 14.6 Å². The molecular weight excluding hydrogens is 316 g/mol. The van der Waals surface area contributed by atoms with Crippen molar-refractivity contribution in [1.82, 2.24) is 19.7 Å². The van der Waals surface area contributed by atoms with Gasteiger partial charge in [0.15, 0.2) is 5.65 Å². The maximum Gasteiger partial charge on any atom is 0.163 e. The summed E-state index contributed by atoms with van der Waals surface area (Å²) in [5, 5.41) is 18.3. The van der Waals surface area contributed by atoms with Gasteiger partial charge in [-0.05, 0) is 19.1 Å². The lowest BCUT2D eigenvalue weighted by atomic mass is 10.2. The van der Waals surface area contributed by atoms with Crippen LogP contribution in [0.3, 0.4) is 0 Å². The number of hydrogen-bond acceptors (Lipinski definition) is 6. The third kappa shape index (κ3) is 2.78. The van der Waals surface area contributed by atoms with Gasteiger partial charge in [0.1, 0.15) is 23.5 Å². The fourth-order valence-electron chi connectivity index (χ4n) is 2.82. The van der Waals surface area contributed by atoms with E-state index in [4.69, 9.17) is 9.68 Å². The Labute approximate surface area is 143 Å². The summed E-state index contributed by atoms with van der Waals surface area (Å²) in [5.74, 6) is 1.53. The molecule has 4 aromatic rings. The zero-order valence-electron chi connectivity index (χ0n) is 13.7. The number of hydrogen-bond donors (Lipinski definition) is 1. The molecule has 1 aromatic carbocycles. The molecule has 0 radical (unpaired) electrons. The molecule has 0 aliphatic rings. The van der Waals surface area contributed by atoms with E-state index in [1.165, 1.54) is 6.33 Å². The summed E-state index contributed by atoms with van der Waals surface area (Å²) < 4.78 is 7.63. The number of aromatic nitrogens is 4. The van der Waals surface area contributed by atoms with Crippen molar-refractivity contribution >= 4 is 27.8 Å². The number of fused-ring (bicyclic) bond motifs is 2. The number of para-hydroxylation sites is 1. The highest BCUT2D eigenvalue weighted by Crippen LogP contribution is 2.27. The molecule has 0 saturated heterocycles. The molecule has 0 spiro atoms. The minimum absolute atomic E-state index is 0.0621. The maximum absolute atomic E-state index is 8.75. The van der Waals surface area contributed by atoms with Crippen molar-refractivity contribution in [2.45, 2.75) is 25.9 Å². The topological polar surface area (TPSA) is 92.6 Å². The normalized spacial score (nSPS) is 12.3. The molecule has 124 valence electrons. The predicted octanol–water partition coefficient (Wildman–Crippen LogP) is 3.66. The second kappa shape index (κ2) is 6.24. The third-order valence-electron chi connectivity index (χ3n) is 4.09. The molecule has 3 heterocycles. The first-order chi connectivity index (χ1) is 12.3.